The molecule has 1 spiro atoms. The lowest BCUT2D eigenvalue weighted by molar-refractivity contribution is 0.0978. The number of ketones is 2. The van der Waals surface area contributed by atoms with Crippen LogP contribution in [0.2, 0.25) is 0 Å². The van der Waals surface area contributed by atoms with Gasteiger partial charge in [-0.25, -0.2) is 0 Å². The van der Waals surface area contributed by atoms with Crippen molar-refractivity contribution in [3.8, 4) is 39.1 Å². The summed E-state index contributed by atoms with van der Waals surface area (Å²) in [6.07, 6.45) is -0.0634. The predicted octanol–water partition coefficient (Wildman–Crippen LogP) is 12.7. The normalized spacial score (nSPS) is 14.0. The van der Waals surface area contributed by atoms with Crippen molar-refractivity contribution in [2.24, 2.45) is 0 Å². The monoisotopic (exact) mass is 747 g/mol. The average molecular weight is 748 g/mol. The molecule has 4 heteroatoms. The van der Waals surface area contributed by atoms with E-state index in [1.54, 1.807) is 18.2 Å². The summed E-state index contributed by atoms with van der Waals surface area (Å²) >= 11 is 0. The maximum Gasteiger partial charge on any atom is 0.194 e. The molecule has 11 rings (SSSR count). The van der Waals surface area contributed by atoms with Gasteiger partial charge in [0.2, 0.25) is 0 Å². The maximum absolute atomic E-state index is 14.6. The highest BCUT2D eigenvalue weighted by Gasteiger charge is 2.52. The van der Waals surface area contributed by atoms with Gasteiger partial charge in [0.05, 0.1) is 22.9 Å². The second kappa shape index (κ2) is 12.9. The number of hydrogen-bond acceptors (Lipinski definition) is 4. The van der Waals surface area contributed by atoms with Crippen molar-refractivity contribution in [1.29, 1.82) is 0 Å². The second-order valence-corrected chi connectivity index (χ2v) is 15.6. The Hall–Kier alpha value is -7.30. The molecule has 0 fully saturated rings. The second-order valence-electron chi connectivity index (χ2n) is 15.6. The van der Waals surface area contributed by atoms with Gasteiger partial charge in [0, 0.05) is 27.9 Å². The molecule has 3 aliphatic rings. The Labute approximate surface area is 337 Å². The highest BCUT2D eigenvalue weighted by atomic mass is 16.5. The van der Waals surface area contributed by atoms with Crippen LogP contribution >= 0.6 is 0 Å². The van der Waals surface area contributed by atoms with Gasteiger partial charge < -0.3 is 9.64 Å². The Bertz CT molecular complexity index is 2890. The molecule has 0 radical (unpaired) electrons. The number of carbonyl (C=O) groups excluding carboxylic acids is 2. The van der Waals surface area contributed by atoms with Crippen LogP contribution in [0.15, 0.2) is 182 Å². The molecule has 1 aliphatic heterocycles. The summed E-state index contributed by atoms with van der Waals surface area (Å²) in [5.74, 6) is 0.261. The van der Waals surface area contributed by atoms with E-state index in [-0.39, 0.29) is 17.7 Å². The van der Waals surface area contributed by atoms with E-state index in [9.17, 15) is 9.59 Å². The zero-order valence-corrected chi connectivity index (χ0v) is 32.1. The fourth-order valence-corrected chi connectivity index (χ4v) is 9.68. The first kappa shape index (κ1) is 34.0. The van der Waals surface area contributed by atoms with E-state index in [2.05, 4.69) is 157 Å². The average Bonchev–Trinajstić information content (AvgIpc) is 3.55. The number of benzene rings is 8. The number of fused-ring (bicyclic) bond motifs is 11. The van der Waals surface area contributed by atoms with Crippen LogP contribution in [-0.2, 0) is 5.41 Å². The third-order valence-corrected chi connectivity index (χ3v) is 12.0. The summed E-state index contributed by atoms with van der Waals surface area (Å²) in [5, 5.41) is 0. The summed E-state index contributed by atoms with van der Waals surface area (Å²) in [4.78, 5) is 31.4. The van der Waals surface area contributed by atoms with Gasteiger partial charge in [-0.15, -0.1) is 0 Å². The molecule has 58 heavy (non-hydrogen) atoms. The van der Waals surface area contributed by atoms with E-state index < -0.39 is 5.41 Å². The largest absolute Gasteiger partial charge is 0.491 e. The molecule has 8 aromatic carbocycles. The molecule has 0 saturated carbocycles. The maximum atomic E-state index is 14.6. The Morgan fingerprint density at radius 2 is 0.931 bits per heavy atom. The molecular weight excluding hydrogens is 711 g/mol. The molecule has 0 aromatic heterocycles. The van der Waals surface area contributed by atoms with Crippen LogP contribution < -0.4 is 9.64 Å². The number of ether oxygens (including phenoxy) is 1. The minimum Gasteiger partial charge on any atom is -0.491 e. The highest BCUT2D eigenvalue weighted by molar-refractivity contribution is 6.29. The lowest BCUT2D eigenvalue weighted by atomic mass is 9.64. The molecule has 0 unspecified atom stereocenters. The van der Waals surface area contributed by atoms with Crippen molar-refractivity contribution in [3.63, 3.8) is 0 Å². The summed E-state index contributed by atoms with van der Waals surface area (Å²) in [5.41, 5.74) is 14.9. The van der Waals surface area contributed by atoms with Gasteiger partial charge in [-0.2, -0.15) is 0 Å². The summed E-state index contributed by atoms with van der Waals surface area (Å²) in [6, 6.07) is 63.1. The number of nitrogens with zero attached hydrogens (tertiary/aromatic N) is 1. The Morgan fingerprint density at radius 3 is 1.55 bits per heavy atom. The van der Waals surface area contributed by atoms with Gasteiger partial charge in [0.15, 0.2) is 11.6 Å². The van der Waals surface area contributed by atoms with E-state index in [1.165, 1.54) is 0 Å². The van der Waals surface area contributed by atoms with E-state index in [0.717, 1.165) is 72.7 Å². The van der Waals surface area contributed by atoms with Gasteiger partial charge >= 0.3 is 0 Å². The first-order valence-corrected chi connectivity index (χ1v) is 19.9. The highest BCUT2D eigenvalue weighted by Crippen LogP contribution is 2.64. The zero-order chi connectivity index (χ0) is 39.1. The van der Waals surface area contributed by atoms with E-state index in [0.29, 0.717) is 28.0 Å². The van der Waals surface area contributed by atoms with Crippen molar-refractivity contribution >= 4 is 28.6 Å². The van der Waals surface area contributed by atoms with Crippen LogP contribution in [0, 0.1) is 0 Å². The molecule has 0 bridgehead atoms. The van der Waals surface area contributed by atoms with E-state index >= 15 is 0 Å². The molecule has 276 valence electrons. The number of anilines is 3. The third kappa shape index (κ3) is 4.88. The first-order chi connectivity index (χ1) is 28.4. The van der Waals surface area contributed by atoms with Crippen LogP contribution in [0.3, 0.4) is 0 Å². The van der Waals surface area contributed by atoms with Crippen molar-refractivity contribution in [3.05, 3.63) is 226 Å². The molecule has 1 heterocycles. The standard InChI is InChI=1S/C54H37NO3/c1-33(2)58-39-25-26-41-43(30-39)53(57)44-31-42-40-19-9-10-20-46(40)54(49(42)32-45(44)52(41)56)47-21-11-13-23-50(47)55(51-24-14-12-22-48(51)54)38-28-36(34-15-5-3-6-16-34)27-37(29-38)35-17-7-4-8-18-35/h3-33H,1-2H3. The van der Waals surface area contributed by atoms with Crippen LogP contribution in [0.1, 0.15) is 67.9 Å². The van der Waals surface area contributed by atoms with Crippen LogP contribution in [0.4, 0.5) is 17.1 Å². The van der Waals surface area contributed by atoms with E-state index in [4.69, 9.17) is 4.74 Å². The Morgan fingerprint density at radius 1 is 0.414 bits per heavy atom. The lowest BCUT2D eigenvalue weighted by Gasteiger charge is -2.45. The Balaban J connectivity index is 1.16. The fourth-order valence-electron chi connectivity index (χ4n) is 9.68. The molecule has 2 aliphatic carbocycles. The predicted molar refractivity (Wildman–Crippen MR) is 232 cm³/mol. The van der Waals surface area contributed by atoms with Gasteiger partial charge in [-0.1, -0.05) is 121 Å². The minimum absolute atomic E-state index is 0.0634. The van der Waals surface area contributed by atoms with Gasteiger partial charge in [-0.05, 0) is 130 Å². The SMILES string of the molecule is CC(C)Oc1ccc2c(c1)C(=O)c1cc3c(cc1C2=O)C1(c2ccccc2-3)c2ccccc2N(c2cc(-c3ccccc3)cc(-c3ccccc3)c2)c2ccccc21. The van der Waals surface area contributed by atoms with Crippen molar-refractivity contribution in [1.82, 2.24) is 0 Å². The Kier molecular flexibility index (Phi) is 7.54. The van der Waals surface area contributed by atoms with Gasteiger partial charge in [0.1, 0.15) is 5.75 Å². The molecule has 0 saturated heterocycles. The molecule has 0 N–H and O–H groups in total. The summed E-state index contributed by atoms with van der Waals surface area (Å²) < 4.78 is 5.95. The summed E-state index contributed by atoms with van der Waals surface area (Å²) in [6.45, 7) is 3.89. The number of carbonyl (C=O) groups is 2. The summed E-state index contributed by atoms with van der Waals surface area (Å²) in [7, 11) is 0. The molecule has 0 atom stereocenters. The topological polar surface area (TPSA) is 46.6 Å². The zero-order valence-electron chi connectivity index (χ0n) is 32.1. The van der Waals surface area contributed by atoms with Crippen LogP contribution in [-0.4, -0.2) is 17.7 Å². The van der Waals surface area contributed by atoms with Crippen LogP contribution in [0.5, 0.6) is 5.75 Å². The van der Waals surface area contributed by atoms with Gasteiger partial charge in [-0.3, -0.25) is 9.59 Å². The van der Waals surface area contributed by atoms with E-state index in [1.807, 2.05) is 26.0 Å². The molecule has 8 aromatic rings. The first-order valence-electron chi connectivity index (χ1n) is 19.9. The molecule has 4 nitrogen and oxygen atoms in total. The third-order valence-electron chi connectivity index (χ3n) is 12.0. The number of rotatable bonds is 5. The molecule has 0 amide bonds. The van der Waals surface area contributed by atoms with Crippen molar-refractivity contribution < 1.29 is 14.3 Å². The number of hydrogen-bond donors (Lipinski definition) is 0. The van der Waals surface area contributed by atoms with Gasteiger partial charge in [0.25, 0.3) is 0 Å². The quantitative estimate of drug-likeness (QED) is 0.176. The lowest BCUT2D eigenvalue weighted by Crippen LogP contribution is -2.36. The van der Waals surface area contributed by atoms with Crippen LogP contribution in [0.25, 0.3) is 33.4 Å². The minimum atomic E-state index is -0.775. The van der Waals surface area contributed by atoms with Crippen molar-refractivity contribution in [2.75, 3.05) is 4.90 Å². The fraction of sp³-hybridized carbons (Fsp3) is 0.0741. The molecular formula is C54H37NO3. The van der Waals surface area contributed by atoms with Crippen molar-refractivity contribution in [2.45, 2.75) is 25.4 Å². The smallest absolute Gasteiger partial charge is 0.194 e. The number of para-hydroxylation sites is 2.